The van der Waals surface area contributed by atoms with Crippen molar-refractivity contribution in [3.05, 3.63) is 59.6 Å². The second-order valence-corrected chi connectivity index (χ2v) is 6.80. The van der Waals surface area contributed by atoms with Gasteiger partial charge < -0.3 is 9.73 Å². The molecule has 1 aromatic heterocycles. The highest BCUT2D eigenvalue weighted by Crippen LogP contribution is 2.64. The van der Waals surface area contributed by atoms with E-state index in [1.54, 1.807) is 12.1 Å². The molecule has 0 spiro atoms. The van der Waals surface area contributed by atoms with Crippen molar-refractivity contribution >= 4 is 5.91 Å². The first kappa shape index (κ1) is 15.7. The molecule has 0 aliphatic heterocycles. The molecule has 5 heteroatoms. The molecule has 2 aromatic rings. The summed E-state index contributed by atoms with van der Waals surface area (Å²) in [5.74, 6) is -0.748. The average molecular weight is 319 g/mol. The maximum absolute atomic E-state index is 14.2. The number of nitrogens with one attached hydrogen (secondary N) is 1. The Bertz CT molecular complexity index is 725. The molecule has 1 saturated carbocycles. The van der Waals surface area contributed by atoms with E-state index in [9.17, 15) is 13.6 Å². The fourth-order valence-electron chi connectivity index (χ4n) is 3.33. The van der Waals surface area contributed by atoms with E-state index in [4.69, 9.17) is 4.42 Å². The third-order valence-corrected chi connectivity index (χ3v) is 4.86. The van der Waals surface area contributed by atoms with Crippen LogP contribution in [0.3, 0.4) is 0 Å². The molecule has 23 heavy (non-hydrogen) atoms. The molecule has 1 N–H and O–H groups in total. The number of benzene rings is 1. The van der Waals surface area contributed by atoms with Crippen molar-refractivity contribution in [1.82, 2.24) is 5.32 Å². The van der Waals surface area contributed by atoms with Crippen molar-refractivity contribution in [2.75, 3.05) is 6.54 Å². The quantitative estimate of drug-likeness (QED) is 0.915. The fourth-order valence-corrected chi connectivity index (χ4v) is 3.33. The van der Waals surface area contributed by atoms with Crippen LogP contribution in [0.25, 0.3) is 0 Å². The van der Waals surface area contributed by atoms with E-state index >= 15 is 0 Å². The highest BCUT2D eigenvalue weighted by molar-refractivity contribution is 5.78. The van der Waals surface area contributed by atoms with Gasteiger partial charge in [-0.2, -0.15) is 0 Å². The SMILES string of the molecule is CC1(C)CC1(CNC(=O)Cc1ccco1)c1ccc(F)cc1F. The molecule has 1 fully saturated rings. The van der Waals surface area contributed by atoms with Crippen molar-refractivity contribution in [1.29, 1.82) is 0 Å². The van der Waals surface area contributed by atoms with Crippen LogP contribution in [-0.4, -0.2) is 12.5 Å². The molecule has 122 valence electrons. The molecule has 1 aromatic carbocycles. The summed E-state index contributed by atoms with van der Waals surface area (Å²) in [5, 5.41) is 2.86. The molecule has 0 saturated heterocycles. The number of rotatable bonds is 5. The first-order valence-electron chi connectivity index (χ1n) is 7.59. The summed E-state index contributed by atoms with van der Waals surface area (Å²) in [6, 6.07) is 7.10. The Balaban J connectivity index is 1.74. The minimum Gasteiger partial charge on any atom is -0.469 e. The molecule has 0 bridgehead atoms. The van der Waals surface area contributed by atoms with Gasteiger partial charge in [-0.15, -0.1) is 0 Å². The molecular weight excluding hydrogens is 300 g/mol. The van der Waals surface area contributed by atoms with Crippen LogP contribution >= 0.6 is 0 Å². The minimum atomic E-state index is -0.596. The van der Waals surface area contributed by atoms with Crippen molar-refractivity contribution in [2.45, 2.75) is 32.1 Å². The maximum Gasteiger partial charge on any atom is 0.227 e. The molecule has 0 radical (unpaired) electrons. The summed E-state index contributed by atoms with van der Waals surface area (Å²) >= 11 is 0. The predicted molar refractivity (Wildman–Crippen MR) is 81.9 cm³/mol. The van der Waals surface area contributed by atoms with E-state index in [2.05, 4.69) is 5.32 Å². The predicted octanol–water partition coefficient (Wildman–Crippen LogP) is 3.58. The summed E-state index contributed by atoms with van der Waals surface area (Å²) < 4.78 is 32.5. The smallest absolute Gasteiger partial charge is 0.227 e. The lowest BCUT2D eigenvalue weighted by Crippen LogP contribution is -2.36. The fraction of sp³-hybridized carbons (Fsp3) is 0.389. The number of furan rings is 1. The Kier molecular flexibility index (Phi) is 3.74. The van der Waals surface area contributed by atoms with E-state index in [0.29, 0.717) is 17.9 Å². The van der Waals surface area contributed by atoms with Crippen LogP contribution in [0.1, 0.15) is 31.6 Å². The molecule has 1 amide bonds. The standard InChI is InChI=1S/C18H19F2NO2/c1-17(2)10-18(17,14-6-5-12(19)8-15(14)20)11-21-16(22)9-13-4-3-7-23-13/h3-8H,9-11H2,1-2H3,(H,21,22). The monoisotopic (exact) mass is 319 g/mol. The average Bonchev–Trinajstić information content (AvgIpc) is 2.83. The molecule has 1 aliphatic rings. The summed E-state index contributed by atoms with van der Waals surface area (Å²) in [7, 11) is 0. The Hall–Kier alpha value is -2.17. The molecule has 1 unspecified atom stereocenters. The maximum atomic E-state index is 14.2. The van der Waals surface area contributed by atoms with E-state index < -0.39 is 17.0 Å². The number of hydrogen-bond acceptors (Lipinski definition) is 2. The summed E-state index contributed by atoms with van der Waals surface area (Å²) in [6.07, 6.45) is 2.40. The van der Waals surface area contributed by atoms with E-state index in [1.807, 2.05) is 13.8 Å². The molecule has 3 rings (SSSR count). The van der Waals surface area contributed by atoms with Crippen LogP contribution in [0.5, 0.6) is 0 Å². The summed E-state index contributed by atoms with van der Waals surface area (Å²) in [6.45, 7) is 4.37. The largest absolute Gasteiger partial charge is 0.469 e. The number of hydrogen-bond donors (Lipinski definition) is 1. The summed E-state index contributed by atoms with van der Waals surface area (Å²) in [4.78, 5) is 12.0. The van der Waals surface area contributed by atoms with Gasteiger partial charge in [0.15, 0.2) is 0 Å². The zero-order valence-electron chi connectivity index (χ0n) is 13.2. The Morgan fingerprint density at radius 3 is 2.61 bits per heavy atom. The van der Waals surface area contributed by atoms with Crippen molar-refractivity contribution < 1.29 is 18.0 Å². The second kappa shape index (κ2) is 5.48. The van der Waals surface area contributed by atoms with Gasteiger partial charge in [-0.3, -0.25) is 4.79 Å². The second-order valence-electron chi connectivity index (χ2n) is 6.80. The van der Waals surface area contributed by atoms with Crippen LogP contribution in [0.2, 0.25) is 0 Å². The minimum absolute atomic E-state index is 0.148. The number of carbonyl (C=O) groups is 1. The van der Waals surface area contributed by atoms with Gasteiger partial charge >= 0.3 is 0 Å². The Morgan fingerprint density at radius 2 is 2.04 bits per heavy atom. The highest BCUT2D eigenvalue weighted by atomic mass is 19.1. The van der Waals surface area contributed by atoms with Crippen LogP contribution < -0.4 is 5.32 Å². The molecule has 1 aliphatic carbocycles. The zero-order chi connectivity index (χ0) is 16.7. The van der Waals surface area contributed by atoms with Gasteiger partial charge in [0.05, 0.1) is 12.7 Å². The lowest BCUT2D eigenvalue weighted by atomic mass is 9.87. The highest BCUT2D eigenvalue weighted by Gasteiger charge is 2.62. The lowest BCUT2D eigenvalue weighted by Gasteiger charge is -2.22. The van der Waals surface area contributed by atoms with Gasteiger partial charge in [-0.05, 0) is 35.6 Å². The van der Waals surface area contributed by atoms with Crippen molar-refractivity contribution in [3.63, 3.8) is 0 Å². The Morgan fingerprint density at radius 1 is 1.30 bits per heavy atom. The third kappa shape index (κ3) is 2.87. The topological polar surface area (TPSA) is 42.2 Å². The van der Waals surface area contributed by atoms with Gasteiger partial charge in [0.2, 0.25) is 5.91 Å². The van der Waals surface area contributed by atoms with Crippen LogP contribution in [0.15, 0.2) is 41.0 Å². The van der Waals surface area contributed by atoms with E-state index in [-0.39, 0.29) is 17.7 Å². The summed E-state index contributed by atoms with van der Waals surface area (Å²) in [5.41, 5.74) is -0.185. The molecule has 1 atom stereocenters. The van der Waals surface area contributed by atoms with Crippen molar-refractivity contribution in [3.8, 4) is 0 Å². The third-order valence-electron chi connectivity index (χ3n) is 4.86. The molecule has 1 heterocycles. The van der Waals surface area contributed by atoms with Gasteiger partial charge in [-0.25, -0.2) is 8.78 Å². The van der Waals surface area contributed by atoms with Gasteiger partial charge in [0.25, 0.3) is 0 Å². The first-order chi connectivity index (χ1) is 10.8. The van der Waals surface area contributed by atoms with E-state index in [1.165, 1.54) is 18.4 Å². The van der Waals surface area contributed by atoms with Crippen LogP contribution in [-0.2, 0) is 16.6 Å². The number of halogens is 2. The molecule has 3 nitrogen and oxygen atoms in total. The lowest BCUT2D eigenvalue weighted by molar-refractivity contribution is -0.120. The van der Waals surface area contributed by atoms with Crippen LogP contribution in [0.4, 0.5) is 8.78 Å². The first-order valence-corrected chi connectivity index (χ1v) is 7.59. The number of carbonyl (C=O) groups excluding carboxylic acids is 1. The number of amides is 1. The van der Waals surface area contributed by atoms with E-state index in [0.717, 1.165) is 12.5 Å². The van der Waals surface area contributed by atoms with Crippen molar-refractivity contribution in [2.24, 2.45) is 5.41 Å². The molecular formula is C18H19F2NO2. The van der Waals surface area contributed by atoms with Crippen LogP contribution in [0, 0.1) is 17.0 Å². The normalized spacial score (nSPS) is 21.9. The van der Waals surface area contributed by atoms with Gasteiger partial charge in [0.1, 0.15) is 17.4 Å². The van der Waals surface area contributed by atoms with Gasteiger partial charge in [-0.1, -0.05) is 19.9 Å². The zero-order valence-corrected chi connectivity index (χ0v) is 13.2. The Labute approximate surface area is 133 Å². The van der Waals surface area contributed by atoms with Gasteiger partial charge in [0, 0.05) is 18.0 Å².